The van der Waals surface area contributed by atoms with Crippen LogP contribution >= 0.6 is 22.6 Å². The van der Waals surface area contributed by atoms with Gasteiger partial charge in [0.05, 0.1) is 11.5 Å². The first-order valence-corrected chi connectivity index (χ1v) is 11.2. The fourth-order valence-electron chi connectivity index (χ4n) is 4.02. The molecule has 1 aromatic carbocycles. The number of hydrogen-bond donors (Lipinski definition) is 3. The maximum atomic E-state index is 12.8. The molecular formula is C22H29IN4O2. The first kappa shape index (κ1) is 21.8. The molecule has 156 valence electrons. The summed E-state index contributed by atoms with van der Waals surface area (Å²) in [5.41, 5.74) is 5.33. The number of hydrogen-bond acceptors (Lipinski definition) is 3. The highest BCUT2D eigenvalue weighted by Crippen LogP contribution is 2.36. The van der Waals surface area contributed by atoms with E-state index in [1.807, 2.05) is 26.0 Å². The van der Waals surface area contributed by atoms with Crippen LogP contribution in [0, 0.1) is 17.4 Å². The van der Waals surface area contributed by atoms with Gasteiger partial charge in [-0.15, -0.1) is 0 Å². The molecule has 0 saturated carbocycles. The molecule has 0 fully saturated rings. The number of H-pyrrole nitrogens is 1. The normalized spacial score (nSPS) is 15.5. The van der Waals surface area contributed by atoms with Crippen molar-refractivity contribution in [3.8, 4) is 0 Å². The quantitative estimate of drug-likeness (QED) is 0.478. The number of aryl methyl sites for hydroxylation is 1. The van der Waals surface area contributed by atoms with Gasteiger partial charge < -0.3 is 20.5 Å². The molecular weight excluding hydrogens is 479 g/mol. The Bertz CT molecular complexity index is 918. The molecule has 2 aromatic rings. The van der Waals surface area contributed by atoms with Crippen LogP contribution in [0.1, 0.15) is 52.6 Å². The molecule has 29 heavy (non-hydrogen) atoms. The largest absolute Gasteiger partial charge is 0.362 e. The summed E-state index contributed by atoms with van der Waals surface area (Å²) in [6, 6.07) is 6.01. The number of nitrogens with one attached hydrogen (secondary N) is 3. The predicted molar refractivity (Wildman–Crippen MR) is 125 cm³/mol. The molecule has 0 saturated heterocycles. The van der Waals surface area contributed by atoms with Crippen molar-refractivity contribution in [3.05, 3.63) is 49.8 Å². The summed E-state index contributed by atoms with van der Waals surface area (Å²) in [5, 5.41) is 6.01. The van der Waals surface area contributed by atoms with E-state index in [0.29, 0.717) is 18.5 Å². The monoisotopic (exact) mass is 508 g/mol. The lowest BCUT2D eigenvalue weighted by Gasteiger charge is -2.18. The average molecular weight is 508 g/mol. The van der Waals surface area contributed by atoms with Crippen LogP contribution in [0.25, 0.3) is 0 Å². The molecule has 1 unspecified atom stereocenters. The summed E-state index contributed by atoms with van der Waals surface area (Å²) in [6.07, 6.45) is 0.554. The third-order valence-corrected chi connectivity index (χ3v) is 6.42. The number of fused-ring (bicyclic) bond motifs is 1. The fourth-order valence-corrected chi connectivity index (χ4v) is 4.53. The number of halogens is 1. The van der Waals surface area contributed by atoms with Crippen molar-refractivity contribution >= 4 is 40.1 Å². The molecule has 1 aliphatic rings. The predicted octanol–water partition coefficient (Wildman–Crippen LogP) is 3.59. The number of nitrogens with zero attached hydrogens (tertiary/aromatic N) is 1. The van der Waals surface area contributed by atoms with Crippen LogP contribution in [-0.2, 0) is 11.2 Å². The van der Waals surface area contributed by atoms with Crippen molar-refractivity contribution in [3.63, 3.8) is 0 Å². The number of rotatable bonds is 8. The molecule has 1 aliphatic heterocycles. The highest BCUT2D eigenvalue weighted by atomic mass is 127. The maximum Gasteiger partial charge on any atom is 0.253 e. The molecule has 6 nitrogen and oxygen atoms in total. The fraction of sp³-hybridized carbons (Fsp3) is 0.455. The molecule has 2 amide bonds. The Morgan fingerprint density at radius 2 is 1.97 bits per heavy atom. The summed E-state index contributed by atoms with van der Waals surface area (Å²) in [4.78, 5) is 30.9. The molecule has 0 radical (unpaired) electrons. The van der Waals surface area contributed by atoms with E-state index in [4.69, 9.17) is 0 Å². The van der Waals surface area contributed by atoms with Crippen LogP contribution in [0.2, 0.25) is 0 Å². The lowest BCUT2D eigenvalue weighted by Crippen LogP contribution is -2.35. The summed E-state index contributed by atoms with van der Waals surface area (Å²) < 4.78 is 1.11. The van der Waals surface area contributed by atoms with E-state index in [0.717, 1.165) is 51.4 Å². The Kier molecular flexibility index (Phi) is 7.00. The number of anilines is 1. The van der Waals surface area contributed by atoms with E-state index in [9.17, 15) is 9.59 Å². The molecule has 1 aromatic heterocycles. The van der Waals surface area contributed by atoms with Crippen molar-refractivity contribution in [2.45, 2.75) is 40.0 Å². The van der Waals surface area contributed by atoms with Crippen LogP contribution in [0.4, 0.5) is 5.69 Å². The maximum absolute atomic E-state index is 12.8. The van der Waals surface area contributed by atoms with Gasteiger partial charge >= 0.3 is 0 Å². The minimum atomic E-state index is -0.241. The number of carbonyl (C=O) groups is 2. The third kappa shape index (κ3) is 4.66. The van der Waals surface area contributed by atoms with E-state index in [-0.39, 0.29) is 17.7 Å². The summed E-state index contributed by atoms with van der Waals surface area (Å²) in [7, 11) is 0. The van der Waals surface area contributed by atoms with Gasteiger partial charge in [-0.3, -0.25) is 9.59 Å². The Hall–Kier alpha value is -1.87. The van der Waals surface area contributed by atoms with Gasteiger partial charge in [-0.05, 0) is 78.9 Å². The molecule has 3 rings (SSSR count). The highest BCUT2D eigenvalue weighted by Gasteiger charge is 2.32. The minimum Gasteiger partial charge on any atom is -0.362 e. The lowest BCUT2D eigenvalue weighted by molar-refractivity contribution is -0.117. The number of aromatic amines is 1. The number of benzene rings is 1. The molecule has 0 bridgehead atoms. The summed E-state index contributed by atoms with van der Waals surface area (Å²) in [6.45, 7) is 11.5. The van der Waals surface area contributed by atoms with Crippen molar-refractivity contribution in [2.24, 2.45) is 0 Å². The van der Waals surface area contributed by atoms with Gasteiger partial charge in [-0.2, -0.15) is 0 Å². The Labute approximate surface area is 186 Å². The first-order chi connectivity index (χ1) is 13.8. The molecule has 1 atom stereocenters. The molecule has 0 spiro atoms. The van der Waals surface area contributed by atoms with E-state index >= 15 is 0 Å². The SMILES string of the molecule is CCN(CC)CCNC(=O)c1c(C)[nH]c(CC2C(=O)Nc3ccc(I)cc32)c1C. The second kappa shape index (κ2) is 9.30. The topological polar surface area (TPSA) is 77.2 Å². The van der Waals surface area contributed by atoms with Gasteiger partial charge in [0.2, 0.25) is 5.91 Å². The first-order valence-electron chi connectivity index (χ1n) is 10.1. The minimum absolute atomic E-state index is 0.0128. The van der Waals surface area contributed by atoms with Gasteiger partial charge in [-0.25, -0.2) is 0 Å². The highest BCUT2D eigenvalue weighted by molar-refractivity contribution is 14.1. The number of carbonyl (C=O) groups excluding carboxylic acids is 2. The zero-order valence-electron chi connectivity index (χ0n) is 17.5. The van der Waals surface area contributed by atoms with Gasteiger partial charge in [0.1, 0.15) is 0 Å². The van der Waals surface area contributed by atoms with E-state index in [1.165, 1.54) is 0 Å². The zero-order valence-corrected chi connectivity index (χ0v) is 19.6. The van der Waals surface area contributed by atoms with Crippen LogP contribution in [0.5, 0.6) is 0 Å². The van der Waals surface area contributed by atoms with E-state index < -0.39 is 0 Å². The van der Waals surface area contributed by atoms with Crippen LogP contribution in [0.3, 0.4) is 0 Å². The van der Waals surface area contributed by atoms with Crippen molar-refractivity contribution in [1.82, 2.24) is 15.2 Å². The van der Waals surface area contributed by atoms with Gasteiger partial charge in [-0.1, -0.05) is 13.8 Å². The van der Waals surface area contributed by atoms with Crippen molar-refractivity contribution in [2.75, 3.05) is 31.5 Å². The molecule has 2 heterocycles. The van der Waals surface area contributed by atoms with Crippen molar-refractivity contribution < 1.29 is 9.59 Å². The molecule has 7 heteroatoms. The Balaban J connectivity index is 1.74. The average Bonchev–Trinajstić information content (AvgIpc) is 3.14. The van der Waals surface area contributed by atoms with Crippen molar-refractivity contribution in [1.29, 1.82) is 0 Å². The second-order valence-corrected chi connectivity index (χ2v) is 8.73. The van der Waals surface area contributed by atoms with Crippen LogP contribution in [-0.4, -0.2) is 47.9 Å². The Morgan fingerprint density at radius 3 is 2.66 bits per heavy atom. The van der Waals surface area contributed by atoms with Gasteiger partial charge in [0.15, 0.2) is 0 Å². The van der Waals surface area contributed by atoms with Crippen LogP contribution < -0.4 is 10.6 Å². The van der Waals surface area contributed by atoms with Gasteiger partial charge in [0, 0.05) is 40.2 Å². The van der Waals surface area contributed by atoms with E-state index in [2.05, 4.69) is 63.0 Å². The summed E-state index contributed by atoms with van der Waals surface area (Å²) >= 11 is 2.27. The standard InChI is InChI=1S/C22H29IN4O2/c1-5-27(6-2)10-9-24-22(29)20-13(3)19(25-14(20)4)12-17-16-11-15(23)7-8-18(16)26-21(17)28/h7-8,11,17,25H,5-6,9-10,12H2,1-4H3,(H,24,29)(H,26,28). The van der Waals surface area contributed by atoms with Crippen LogP contribution in [0.15, 0.2) is 18.2 Å². The second-order valence-electron chi connectivity index (χ2n) is 7.49. The molecule has 0 aliphatic carbocycles. The number of amides is 2. The smallest absolute Gasteiger partial charge is 0.253 e. The number of likely N-dealkylation sites (N-methyl/N-ethyl adjacent to an activating group) is 1. The lowest BCUT2D eigenvalue weighted by atomic mass is 9.94. The number of aromatic nitrogens is 1. The summed E-state index contributed by atoms with van der Waals surface area (Å²) in [5.74, 6) is -0.283. The zero-order chi connectivity index (χ0) is 21.1. The van der Waals surface area contributed by atoms with E-state index in [1.54, 1.807) is 0 Å². The van der Waals surface area contributed by atoms with Gasteiger partial charge in [0.25, 0.3) is 5.91 Å². The molecule has 3 N–H and O–H groups in total. The third-order valence-electron chi connectivity index (χ3n) is 5.75. The Morgan fingerprint density at radius 1 is 1.24 bits per heavy atom.